The molecule has 88 valence electrons. The van der Waals surface area contributed by atoms with Crippen LogP contribution in [0.5, 0.6) is 0 Å². The van der Waals surface area contributed by atoms with Crippen LogP contribution >= 0.6 is 15.9 Å². The van der Waals surface area contributed by atoms with Crippen LogP contribution in [0.4, 0.5) is 5.69 Å². The first-order valence-electron chi connectivity index (χ1n) is 5.30. The van der Waals surface area contributed by atoms with E-state index in [1.807, 2.05) is 19.2 Å². The van der Waals surface area contributed by atoms with Crippen LogP contribution in [0.25, 0.3) is 0 Å². The van der Waals surface area contributed by atoms with Crippen LogP contribution in [0.1, 0.15) is 30.1 Å². The molecule has 0 heterocycles. The molecule has 0 aliphatic rings. The zero-order valence-electron chi connectivity index (χ0n) is 9.53. The van der Waals surface area contributed by atoms with Gasteiger partial charge in [-0.1, -0.05) is 13.3 Å². The van der Waals surface area contributed by atoms with Gasteiger partial charge in [0.05, 0.1) is 5.56 Å². The molecular formula is C12H16BrNO2. The van der Waals surface area contributed by atoms with E-state index in [0.717, 1.165) is 25.1 Å². The van der Waals surface area contributed by atoms with Gasteiger partial charge in [-0.2, -0.15) is 0 Å². The highest BCUT2D eigenvalue weighted by Crippen LogP contribution is 2.23. The molecule has 4 heteroatoms. The predicted octanol–water partition coefficient (Wildman–Crippen LogP) is 3.38. The second-order valence-corrected chi connectivity index (χ2v) is 4.60. The van der Waals surface area contributed by atoms with E-state index < -0.39 is 5.97 Å². The van der Waals surface area contributed by atoms with E-state index >= 15 is 0 Å². The lowest BCUT2D eigenvalue weighted by Crippen LogP contribution is -2.18. The molecule has 0 atom stereocenters. The SMILES string of the molecule is CCCCN(C)c1ccc(C(=O)O)c(Br)c1. The topological polar surface area (TPSA) is 40.5 Å². The second-order valence-electron chi connectivity index (χ2n) is 3.74. The fourth-order valence-corrected chi connectivity index (χ4v) is 1.98. The highest BCUT2D eigenvalue weighted by atomic mass is 79.9. The Morgan fingerprint density at radius 1 is 1.50 bits per heavy atom. The number of aromatic carboxylic acids is 1. The minimum atomic E-state index is -0.908. The van der Waals surface area contributed by atoms with Gasteiger partial charge < -0.3 is 10.0 Å². The zero-order chi connectivity index (χ0) is 12.1. The van der Waals surface area contributed by atoms with Gasteiger partial charge >= 0.3 is 5.97 Å². The number of anilines is 1. The predicted molar refractivity (Wildman–Crippen MR) is 69.3 cm³/mol. The largest absolute Gasteiger partial charge is 0.478 e. The smallest absolute Gasteiger partial charge is 0.336 e. The number of hydrogen-bond donors (Lipinski definition) is 1. The summed E-state index contributed by atoms with van der Waals surface area (Å²) in [6.45, 7) is 3.13. The van der Waals surface area contributed by atoms with E-state index in [2.05, 4.69) is 27.8 Å². The van der Waals surface area contributed by atoms with Gasteiger partial charge in [-0.05, 0) is 40.5 Å². The molecule has 1 aromatic rings. The summed E-state index contributed by atoms with van der Waals surface area (Å²) in [7, 11) is 2.01. The summed E-state index contributed by atoms with van der Waals surface area (Å²) in [4.78, 5) is 13.0. The molecule has 3 nitrogen and oxygen atoms in total. The first-order valence-corrected chi connectivity index (χ1v) is 6.09. The number of nitrogens with zero attached hydrogens (tertiary/aromatic N) is 1. The second kappa shape index (κ2) is 5.89. The standard InChI is InChI=1S/C12H16BrNO2/c1-3-4-7-14(2)9-5-6-10(12(15)16)11(13)8-9/h5-6,8H,3-4,7H2,1-2H3,(H,15,16). The molecule has 16 heavy (non-hydrogen) atoms. The maximum Gasteiger partial charge on any atom is 0.336 e. The average Bonchev–Trinajstić information content (AvgIpc) is 2.25. The van der Waals surface area contributed by atoms with Gasteiger partial charge in [-0.3, -0.25) is 0 Å². The Hall–Kier alpha value is -1.03. The van der Waals surface area contributed by atoms with Crippen LogP contribution in [-0.4, -0.2) is 24.7 Å². The van der Waals surface area contributed by atoms with Gasteiger partial charge in [0.15, 0.2) is 0 Å². The van der Waals surface area contributed by atoms with Crippen molar-refractivity contribution in [2.75, 3.05) is 18.5 Å². The molecule has 1 N–H and O–H groups in total. The number of carboxylic acids is 1. The molecule has 0 saturated heterocycles. The van der Waals surface area contributed by atoms with Crippen molar-refractivity contribution in [2.24, 2.45) is 0 Å². The average molecular weight is 286 g/mol. The highest BCUT2D eigenvalue weighted by molar-refractivity contribution is 9.10. The van der Waals surface area contributed by atoms with Crippen molar-refractivity contribution in [3.05, 3.63) is 28.2 Å². The number of hydrogen-bond acceptors (Lipinski definition) is 2. The number of carbonyl (C=O) groups is 1. The molecule has 0 bridgehead atoms. The van der Waals surface area contributed by atoms with Crippen molar-refractivity contribution in [3.63, 3.8) is 0 Å². The molecule has 0 saturated carbocycles. The van der Waals surface area contributed by atoms with Crippen LogP contribution in [0, 0.1) is 0 Å². The first kappa shape index (κ1) is 13.0. The summed E-state index contributed by atoms with van der Waals surface area (Å²) in [6, 6.07) is 5.31. The first-order chi connectivity index (χ1) is 7.56. The Morgan fingerprint density at radius 2 is 2.19 bits per heavy atom. The van der Waals surface area contributed by atoms with Crippen LogP contribution in [0.3, 0.4) is 0 Å². The summed E-state index contributed by atoms with van der Waals surface area (Å²) in [5, 5.41) is 8.89. The highest BCUT2D eigenvalue weighted by Gasteiger charge is 2.09. The van der Waals surface area contributed by atoms with Crippen molar-refractivity contribution in [2.45, 2.75) is 19.8 Å². The number of benzene rings is 1. The van der Waals surface area contributed by atoms with Gasteiger partial charge in [0, 0.05) is 23.8 Å². The lowest BCUT2D eigenvalue weighted by Gasteiger charge is -2.19. The molecule has 0 aliphatic carbocycles. The third-order valence-electron chi connectivity index (χ3n) is 2.47. The molecule has 0 unspecified atom stereocenters. The third kappa shape index (κ3) is 3.23. The third-order valence-corrected chi connectivity index (χ3v) is 3.13. The van der Waals surface area contributed by atoms with Crippen molar-refractivity contribution >= 4 is 27.6 Å². The van der Waals surface area contributed by atoms with Crippen molar-refractivity contribution < 1.29 is 9.90 Å². The minimum Gasteiger partial charge on any atom is -0.478 e. The lowest BCUT2D eigenvalue weighted by molar-refractivity contribution is 0.0696. The molecule has 0 fully saturated rings. The Labute approximate surface area is 104 Å². The maximum atomic E-state index is 10.8. The van der Waals surface area contributed by atoms with Crippen LogP contribution in [0.15, 0.2) is 22.7 Å². The number of rotatable bonds is 5. The Kier molecular flexibility index (Phi) is 4.80. The van der Waals surface area contributed by atoms with Crippen LogP contribution < -0.4 is 4.90 Å². The van der Waals surface area contributed by atoms with E-state index in [0.29, 0.717) is 10.0 Å². The summed E-state index contributed by atoms with van der Waals surface area (Å²) < 4.78 is 0.626. The summed E-state index contributed by atoms with van der Waals surface area (Å²) >= 11 is 3.28. The summed E-state index contributed by atoms with van der Waals surface area (Å²) in [5.74, 6) is -0.908. The van der Waals surface area contributed by atoms with Crippen molar-refractivity contribution in [3.8, 4) is 0 Å². The van der Waals surface area contributed by atoms with Crippen molar-refractivity contribution in [1.29, 1.82) is 0 Å². The summed E-state index contributed by atoms with van der Waals surface area (Å²) in [5.41, 5.74) is 1.33. The van der Waals surface area contributed by atoms with Gasteiger partial charge in [0.2, 0.25) is 0 Å². The molecule has 0 aromatic heterocycles. The van der Waals surface area contributed by atoms with Gasteiger partial charge in [-0.15, -0.1) is 0 Å². The monoisotopic (exact) mass is 285 g/mol. The molecule has 1 rings (SSSR count). The Balaban J connectivity index is 2.84. The van der Waals surface area contributed by atoms with E-state index in [9.17, 15) is 4.79 Å². The number of carboxylic acid groups (broad SMARTS) is 1. The quantitative estimate of drug-likeness (QED) is 0.902. The van der Waals surface area contributed by atoms with E-state index in [1.165, 1.54) is 0 Å². The van der Waals surface area contributed by atoms with Crippen LogP contribution in [0.2, 0.25) is 0 Å². The fourth-order valence-electron chi connectivity index (χ4n) is 1.44. The molecular weight excluding hydrogens is 270 g/mol. The van der Waals surface area contributed by atoms with Gasteiger partial charge in [-0.25, -0.2) is 4.79 Å². The van der Waals surface area contributed by atoms with E-state index in [-0.39, 0.29) is 0 Å². The van der Waals surface area contributed by atoms with Crippen molar-refractivity contribution in [1.82, 2.24) is 0 Å². The van der Waals surface area contributed by atoms with Gasteiger partial charge in [0.25, 0.3) is 0 Å². The van der Waals surface area contributed by atoms with E-state index in [4.69, 9.17) is 5.11 Å². The Morgan fingerprint density at radius 3 is 2.69 bits per heavy atom. The van der Waals surface area contributed by atoms with Crippen LogP contribution in [-0.2, 0) is 0 Å². The molecule has 0 amide bonds. The number of unbranched alkanes of at least 4 members (excludes halogenated alkanes) is 1. The maximum absolute atomic E-state index is 10.8. The normalized spacial score (nSPS) is 10.2. The number of halogens is 1. The van der Waals surface area contributed by atoms with E-state index in [1.54, 1.807) is 6.07 Å². The molecule has 0 spiro atoms. The molecule has 0 radical (unpaired) electrons. The Bertz CT molecular complexity index is 379. The summed E-state index contributed by atoms with van der Waals surface area (Å²) in [6.07, 6.45) is 2.29. The minimum absolute atomic E-state index is 0.299. The zero-order valence-corrected chi connectivity index (χ0v) is 11.1. The fraction of sp³-hybridized carbons (Fsp3) is 0.417. The molecule has 1 aromatic carbocycles. The van der Waals surface area contributed by atoms with Gasteiger partial charge in [0.1, 0.15) is 0 Å². The molecule has 0 aliphatic heterocycles. The lowest BCUT2D eigenvalue weighted by atomic mass is 10.2.